The number of unbranched alkanes of at least 4 members (excludes halogenated alkanes) is 11. The molecule has 1 rings (SSSR count). The Morgan fingerprint density at radius 1 is 0.682 bits per heavy atom. The molecular formula is C21H34O. The number of benzene rings is 1. The highest BCUT2D eigenvalue weighted by Crippen LogP contribution is 2.13. The highest BCUT2D eigenvalue weighted by molar-refractivity contribution is 5.95. The summed E-state index contributed by atoms with van der Waals surface area (Å²) in [6.45, 7) is 2.27. The van der Waals surface area contributed by atoms with Crippen LogP contribution in [0, 0.1) is 0 Å². The maximum Gasteiger partial charge on any atom is 0.162 e. The lowest BCUT2D eigenvalue weighted by Crippen LogP contribution is -1.98. The molecular weight excluding hydrogens is 268 g/mol. The molecule has 0 aliphatic heterocycles. The summed E-state index contributed by atoms with van der Waals surface area (Å²) in [7, 11) is 0. The van der Waals surface area contributed by atoms with E-state index >= 15 is 0 Å². The summed E-state index contributed by atoms with van der Waals surface area (Å²) in [6.07, 6.45) is 16.8. The fourth-order valence-electron chi connectivity index (χ4n) is 2.89. The van der Waals surface area contributed by atoms with Gasteiger partial charge in [-0.25, -0.2) is 0 Å². The largest absolute Gasteiger partial charge is 0.294 e. The van der Waals surface area contributed by atoms with E-state index in [-0.39, 0.29) is 0 Å². The fourth-order valence-corrected chi connectivity index (χ4v) is 2.89. The normalized spacial score (nSPS) is 10.8. The molecule has 1 aromatic rings. The van der Waals surface area contributed by atoms with Crippen LogP contribution < -0.4 is 0 Å². The van der Waals surface area contributed by atoms with Crippen LogP contribution in [0.5, 0.6) is 0 Å². The molecule has 0 aliphatic rings. The molecule has 0 spiro atoms. The van der Waals surface area contributed by atoms with Crippen molar-refractivity contribution in [3.63, 3.8) is 0 Å². The third kappa shape index (κ3) is 9.76. The molecule has 124 valence electrons. The van der Waals surface area contributed by atoms with Gasteiger partial charge in [-0.15, -0.1) is 0 Å². The van der Waals surface area contributed by atoms with Crippen molar-refractivity contribution in [3.8, 4) is 0 Å². The van der Waals surface area contributed by atoms with E-state index in [2.05, 4.69) is 6.92 Å². The van der Waals surface area contributed by atoms with Crippen molar-refractivity contribution in [3.05, 3.63) is 35.9 Å². The molecule has 0 aliphatic carbocycles. The number of carbonyl (C=O) groups is 1. The molecule has 0 saturated carbocycles. The van der Waals surface area contributed by atoms with Gasteiger partial charge in [0, 0.05) is 12.0 Å². The Morgan fingerprint density at radius 3 is 1.64 bits per heavy atom. The average Bonchev–Trinajstić information content (AvgIpc) is 2.56. The Hall–Kier alpha value is -1.11. The molecule has 0 N–H and O–H groups in total. The van der Waals surface area contributed by atoms with Crippen LogP contribution in [-0.2, 0) is 0 Å². The van der Waals surface area contributed by atoms with Crippen LogP contribution in [0.3, 0.4) is 0 Å². The highest BCUT2D eigenvalue weighted by atomic mass is 16.1. The number of carbonyl (C=O) groups excluding carboxylic acids is 1. The topological polar surface area (TPSA) is 17.1 Å². The van der Waals surface area contributed by atoms with Gasteiger partial charge < -0.3 is 0 Å². The molecule has 1 nitrogen and oxygen atoms in total. The predicted octanol–water partition coefficient (Wildman–Crippen LogP) is 6.96. The van der Waals surface area contributed by atoms with Gasteiger partial charge in [-0.2, -0.15) is 0 Å². The molecule has 22 heavy (non-hydrogen) atoms. The minimum Gasteiger partial charge on any atom is -0.294 e. The van der Waals surface area contributed by atoms with Crippen LogP contribution in [0.2, 0.25) is 0 Å². The van der Waals surface area contributed by atoms with Crippen molar-refractivity contribution in [1.82, 2.24) is 0 Å². The van der Waals surface area contributed by atoms with Gasteiger partial charge in [-0.3, -0.25) is 4.79 Å². The Morgan fingerprint density at radius 2 is 1.14 bits per heavy atom. The second-order valence-electron chi connectivity index (χ2n) is 6.43. The van der Waals surface area contributed by atoms with Gasteiger partial charge in [-0.05, 0) is 6.42 Å². The van der Waals surface area contributed by atoms with Crippen molar-refractivity contribution in [1.29, 1.82) is 0 Å². The number of hydrogen-bond acceptors (Lipinski definition) is 1. The van der Waals surface area contributed by atoms with Gasteiger partial charge in [0.1, 0.15) is 0 Å². The van der Waals surface area contributed by atoms with E-state index < -0.39 is 0 Å². The molecule has 0 bridgehead atoms. The average molecular weight is 303 g/mol. The predicted molar refractivity (Wildman–Crippen MR) is 96.5 cm³/mol. The lowest BCUT2D eigenvalue weighted by atomic mass is 10.0. The van der Waals surface area contributed by atoms with Gasteiger partial charge in [0.25, 0.3) is 0 Å². The molecule has 0 aromatic heterocycles. The van der Waals surface area contributed by atoms with Crippen LogP contribution >= 0.6 is 0 Å². The van der Waals surface area contributed by atoms with Gasteiger partial charge in [-0.1, -0.05) is 108 Å². The zero-order valence-corrected chi connectivity index (χ0v) is 14.5. The van der Waals surface area contributed by atoms with Crippen LogP contribution in [0.4, 0.5) is 0 Å². The highest BCUT2D eigenvalue weighted by Gasteiger charge is 2.03. The third-order valence-electron chi connectivity index (χ3n) is 4.35. The summed E-state index contributed by atoms with van der Waals surface area (Å²) >= 11 is 0. The molecule has 1 heteroatoms. The first-order valence-corrected chi connectivity index (χ1v) is 9.43. The molecule has 0 unspecified atom stereocenters. The maximum absolute atomic E-state index is 11.9. The lowest BCUT2D eigenvalue weighted by molar-refractivity contribution is 0.0979. The van der Waals surface area contributed by atoms with Crippen molar-refractivity contribution < 1.29 is 4.79 Å². The van der Waals surface area contributed by atoms with E-state index in [4.69, 9.17) is 0 Å². The lowest BCUT2D eigenvalue weighted by Gasteiger charge is -2.03. The third-order valence-corrected chi connectivity index (χ3v) is 4.35. The van der Waals surface area contributed by atoms with E-state index in [0.717, 1.165) is 12.0 Å². The van der Waals surface area contributed by atoms with Crippen LogP contribution in [-0.4, -0.2) is 5.78 Å². The quantitative estimate of drug-likeness (QED) is 0.268. The zero-order valence-electron chi connectivity index (χ0n) is 14.5. The van der Waals surface area contributed by atoms with Crippen molar-refractivity contribution >= 4 is 5.78 Å². The number of ketones is 1. The molecule has 0 atom stereocenters. The minimum absolute atomic E-state index is 0.299. The van der Waals surface area contributed by atoms with E-state index in [0.29, 0.717) is 12.2 Å². The Balaban J connectivity index is 1.85. The van der Waals surface area contributed by atoms with Crippen LogP contribution in [0.25, 0.3) is 0 Å². The summed E-state index contributed by atoms with van der Waals surface area (Å²) in [4.78, 5) is 11.9. The van der Waals surface area contributed by atoms with E-state index in [1.54, 1.807) is 0 Å². The first kappa shape index (κ1) is 18.9. The monoisotopic (exact) mass is 302 g/mol. The molecule has 0 heterocycles. The van der Waals surface area contributed by atoms with E-state index in [1.165, 1.54) is 70.6 Å². The Kier molecular flexibility index (Phi) is 11.7. The van der Waals surface area contributed by atoms with Gasteiger partial charge in [0.2, 0.25) is 0 Å². The SMILES string of the molecule is CCCCCCCCCCCCCCC(=O)c1ccccc1. The number of hydrogen-bond donors (Lipinski definition) is 0. The van der Waals surface area contributed by atoms with Crippen molar-refractivity contribution in [2.75, 3.05) is 0 Å². The number of rotatable bonds is 14. The molecule has 1 aromatic carbocycles. The van der Waals surface area contributed by atoms with E-state index in [1.807, 2.05) is 30.3 Å². The smallest absolute Gasteiger partial charge is 0.162 e. The van der Waals surface area contributed by atoms with Crippen LogP contribution in [0.1, 0.15) is 101 Å². The zero-order chi connectivity index (χ0) is 15.9. The summed E-state index contributed by atoms with van der Waals surface area (Å²) in [5.41, 5.74) is 0.866. The summed E-state index contributed by atoms with van der Waals surface area (Å²) in [5, 5.41) is 0. The fraction of sp³-hybridized carbons (Fsp3) is 0.667. The first-order chi connectivity index (χ1) is 10.8. The molecule has 0 amide bonds. The molecule has 0 fully saturated rings. The standard InChI is InChI=1S/C21H34O/c1-2-3-4-5-6-7-8-9-10-11-12-16-19-21(22)20-17-14-13-15-18-20/h13-15,17-18H,2-12,16,19H2,1H3. The maximum atomic E-state index is 11.9. The minimum atomic E-state index is 0.299. The number of Topliss-reactive ketones (excluding diaryl/α,β-unsaturated/α-hetero) is 1. The summed E-state index contributed by atoms with van der Waals surface area (Å²) in [5.74, 6) is 0.299. The molecule has 0 saturated heterocycles. The van der Waals surface area contributed by atoms with Gasteiger partial charge in [0.15, 0.2) is 5.78 Å². The summed E-state index contributed by atoms with van der Waals surface area (Å²) < 4.78 is 0. The van der Waals surface area contributed by atoms with Gasteiger partial charge >= 0.3 is 0 Å². The second-order valence-corrected chi connectivity index (χ2v) is 6.43. The van der Waals surface area contributed by atoms with Crippen LogP contribution in [0.15, 0.2) is 30.3 Å². The van der Waals surface area contributed by atoms with E-state index in [9.17, 15) is 4.79 Å². The van der Waals surface area contributed by atoms with Gasteiger partial charge in [0.05, 0.1) is 0 Å². The first-order valence-electron chi connectivity index (χ1n) is 9.43. The van der Waals surface area contributed by atoms with Crippen molar-refractivity contribution in [2.45, 2.75) is 90.4 Å². The Bertz CT molecular complexity index is 369. The molecule has 0 radical (unpaired) electrons. The second kappa shape index (κ2) is 13.5. The van der Waals surface area contributed by atoms with Crippen molar-refractivity contribution in [2.24, 2.45) is 0 Å². The Labute approximate surface area is 137 Å². The summed E-state index contributed by atoms with van der Waals surface area (Å²) in [6, 6.07) is 9.68.